The fourth-order valence-corrected chi connectivity index (χ4v) is 4.22. The van der Waals surface area contributed by atoms with Crippen LogP contribution in [0, 0.1) is 5.92 Å². The zero-order valence-corrected chi connectivity index (χ0v) is 19.5. The molecule has 3 aromatic rings. The number of carbonyl (C=O) groups excluding carboxylic acids is 1. The fraction of sp³-hybridized carbons (Fsp3) is 0.423. The highest BCUT2D eigenvalue weighted by atomic mass is 16.2. The average Bonchev–Trinajstić information content (AvgIpc) is 3.18. The monoisotopic (exact) mass is 431 g/mol. The Hall–Kier alpha value is -2.99. The zero-order chi connectivity index (χ0) is 22.7. The molecule has 0 saturated heterocycles. The van der Waals surface area contributed by atoms with Crippen molar-refractivity contribution < 1.29 is 4.79 Å². The van der Waals surface area contributed by atoms with E-state index >= 15 is 0 Å². The second kappa shape index (κ2) is 9.65. The van der Waals surface area contributed by atoms with Gasteiger partial charge in [-0.15, -0.1) is 5.10 Å². The van der Waals surface area contributed by atoms with Gasteiger partial charge in [0.25, 0.3) is 0 Å². The molecule has 1 unspecified atom stereocenters. The van der Waals surface area contributed by atoms with Crippen LogP contribution in [0.3, 0.4) is 0 Å². The normalized spacial score (nSPS) is 13.7. The van der Waals surface area contributed by atoms with Crippen molar-refractivity contribution >= 4 is 11.6 Å². The lowest BCUT2D eigenvalue weighted by Gasteiger charge is -2.29. The fourth-order valence-electron chi connectivity index (χ4n) is 4.22. The van der Waals surface area contributed by atoms with Gasteiger partial charge in [-0.25, -0.2) is 4.68 Å². The van der Waals surface area contributed by atoms with Crippen molar-refractivity contribution in [1.29, 1.82) is 0 Å². The van der Waals surface area contributed by atoms with Crippen molar-refractivity contribution in [1.82, 2.24) is 20.3 Å². The van der Waals surface area contributed by atoms with Crippen LogP contribution in [-0.2, 0) is 17.9 Å². The van der Waals surface area contributed by atoms with Gasteiger partial charge in [-0.2, -0.15) is 0 Å². The first-order chi connectivity index (χ1) is 15.5. The minimum absolute atomic E-state index is 0.112. The molecule has 1 atom stereocenters. The molecule has 32 heavy (non-hydrogen) atoms. The van der Waals surface area contributed by atoms with E-state index in [-0.39, 0.29) is 5.91 Å². The summed E-state index contributed by atoms with van der Waals surface area (Å²) < 4.78 is 2.02. The van der Waals surface area contributed by atoms with Crippen LogP contribution in [0.2, 0.25) is 0 Å². The molecule has 6 nitrogen and oxygen atoms in total. The number of hydrogen-bond donors (Lipinski definition) is 1. The van der Waals surface area contributed by atoms with E-state index in [0.29, 0.717) is 31.5 Å². The Kier molecular flexibility index (Phi) is 6.70. The minimum atomic E-state index is 0.112. The van der Waals surface area contributed by atoms with E-state index < -0.39 is 0 Å². The Morgan fingerprint density at radius 3 is 2.53 bits per heavy atom. The minimum Gasteiger partial charge on any atom is -0.314 e. The molecule has 4 rings (SSSR count). The number of benzene rings is 2. The summed E-state index contributed by atoms with van der Waals surface area (Å²) >= 11 is 0. The quantitative estimate of drug-likeness (QED) is 0.578. The van der Waals surface area contributed by atoms with Gasteiger partial charge >= 0.3 is 0 Å². The second-order valence-electron chi connectivity index (χ2n) is 9.03. The number of para-hydroxylation sites is 1. The molecule has 1 aliphatic heterocycles. The molecule has 6 heteroatoms. The number of carbonyl (C=O) groups is 1. The first kappa shape index (κ1) is 22.2. The van der Waals surface area contributed by atoms with Crippen LogP contribution >= 0.6 is 0 Å². The number of hydrogen-bond acceptors (Lipinski definition) is 4. The summed E-state index contributed by atoms with van der Waals surface area (Å²) in [4.78, 5) is 15.3. The summed E-state index contributed by atoms with van der Waals surface area (Å²) in [7, 11) is 0. The van der Waals surface area contributed by atoms with Crippen LogP contribution in [0.4, 0.5) is 5.69 Å². The first-order valence-electron chi connectivity index (χ1n) is 11.6. The average molecular weight is 432 g/mol. The first-order valence-corrected chi connectivity index (χ1v) is 11.6. The van der Waals surface area contributed by atoms with Gasteiger partial charge in [-0.1, -0.05) is 68.4 Å². The largest absolute Gasteiger partial charge is 0.314 e. The molecule has 1 aliphatic rings. The molecule has 1 amide bonds. The molecule has 2 aromatic carbocycles. The predicted octanol–water partition coefficient (Wildman–Crippen LogP) is 4.89. The molecule has 0 radical (unpaired) electrons. The van der Waals surface area contributed by atoms with Crippen molar-refractivity contribution in [2.45, 2.75) is 59.7 Å². The van der Waals surface area contributed by atoms with Gasteiger partial charge in [0.2, 0.25) is 5.91 Å². The molecule has 2 heterocycles. The van der Waals surface area contributed by atoms with Crippen molar-refractivity contribution in [2.75, 3.05) is 11.4 Å². The Labute approximate surface area is 190 Å². The molecule has 0 bridgehead atoms. The summed E-state index contributed by atoms with van der Waals surface area (Å²) in [5.41, 5.74) is 5.93. The third-order valence-electron chi connectivity index (χ3n) is 6.07. The van der Waals surface area contributed by atoms with E-state index in [4.69, 9.17) is 0 Å². The number of rotatable bonds is 7. The summed E-state index contributed by atoms with van der Waals surface area (Å²) in [5, 5.41) is 12.6. The Balaban J connectivity index is 1.79. The molecular weight excluding hydrogens is 398 g/mol. The highest BCUT2D eigenvalue weighted by Crippen LogP contribution is 2.41. The summed E-state index contributed by atoms with van der Waals surface area (Å²) in [5.74, 6) is 0.561. The van der Waals surface area contributed by atoms with Gasteiger partial charge in [0.1, 0.15) is 5.69 Å². The van der Waals surface area contributed by atoms with Crippen molar-refractivity contribution in [3.63, 3.8) is 0 Å². The van der Waals surface area contributed by atoms with E-state index in [9.17, 15) is 4.79 Å². The van der Waals surface area contributed by atoms with E-state index in [1.54, 1.807) is 0 Å². The van der Waals surface area contributed by atoms with Crippen LogP contribution < -0.4 is 10.2 Å². The van der Waals surface area contributed by atoms with Crippen molar-refractivity contribution in [3.8, 4) is 22.5 Å². The standard InChI is InChI=1S/C26H33N5O/c1-5-19(4)27-15-14-24(32)30-17-20-10-6-7-11-21(20)26-25(22-12-8-9-13-23(22)30)28-29-31(26)16-18(2)3/h6-13,18-19,27H,5,14-17H2,1-4H3. The summed E-state index contributed by atoms with van der Waals surface area (Å²) in [6, 6.07) is 16.8. The van der Waals surface area contributed by atoms with E-state index in [1.807, 2.05) is 46.0 Å². The second-order valence-corrected chi connectivity index (χ2v) is 9.03. The van der Waals surface area contributed by atoms with E-state index in [1.165, 1.54) is 0 Å². The van der Waals surface area contributed by atoms with Gasteiger partial charge in [-0.05, 0) is 30.9 Å². The number of nitrogens with one attached hydrogen (secondary N) is 1. The lowest BCUT2D eigenvalue weighted by molar-refractivity contribution is -0.118. The van der Waals surface area contributed by atoms with E-state index in [2.05, 4.69) is 55.5 Å². The Morgan fingerprint density at radius 2 is 1.78 bits per heavy atom. The Bertz CT molecular complexity index is 1090. The molecule has 0 saturated carbocycles. The zero-order valence-electron chi connectivity index (χ0n) is 19.5. The maximum Gasteiger partial charge on any atom is 0.228 e. The third kappa shape index (κ3) is 4.46. The maximum atomic E-state index is 13.4. The molecule has 1 aromatic heterocycles. The third-order valence-corrected chi connectivity index (χ3v) is 6.07. The Morgan fingerprint density at radius 1 is 1.06 bits per heavy atom. The molecular formula is C26H33N5O. The predicted molar refractivity (Wildman–Crippen MR) is 129 cm³/mol. The number of amides is 1. The summed E-state index contributed by atoms with van der Waals surface area (Å²) in [6.45, 7) is 10.7. The molecule has 1 N–H and O–H groups in total. The van der Waals surface area contributed by atoms with Crippen LogP contribution in [0.5, 0.6) is 0 Å². The van der Waals surface area contributed by atoms with E-state index in [0.717, 1.165) is 46.7 Å². The van der Waals surface area contributed by atoms with Crippen LogP contribution in [0.25, 0.3) is 22.5 Å². The lowest BCUT2D eigenvalue weighted by atomic mass is 9.95. The molecule has 0 spiro atoms. The number of anilines is 1. The highest BCUT2D eigenvalue weighted by molar-refractivity contribution is 6.00. The molecule has 168 valence electrons. The van der Waals surface area contributed by atoms with Crippen molar-refractivity contribution in [2.24, 2.45) is 5.92 Å². The number of fused-ring (bicyclic) bond motifs is 5. The van der Waals surface area contributed by atoms with Crippen LogP contribution in [-0.4, -0.2) is 33.5 Å². The molecule has 0 aliphatic carbocycles. The van der Waals surface area contributed by atoms with Gasteiger partial charge in [-0.3, -0.25) is 4.79 Å². The van der Waals surface area contributed by atoms with Crippen LogP contribution in [0.15, 0.2) is 48.5 Å². The lowest BCUT2D eigenvalue weighted by Crippen LogP contribution is -2.35. The summed E-state index contributed by atoms with van der Waals surface area (Å²) in [6.07, 6.45) is 1.50. The smallest absolute Gasteiger partial charge is 0.228 e. The van der Waals surface area contributed by atoms with Crippen LogP contribution in [0.1, 0.15) is 46.1 Å². The van der Waals surface area contributed by atoms with Crippen molar-refractivity contribution in [3.05, 3.63) is 54.1 Å². The van der Waals surface area contributed by atoms with Gasteiger partial charge in [0, 0.05) is 36.7 Å². The number of nitrogens with zero attached hydrogens (tertiary/aromatic N) is 4. The highest BCUT2D eigenvalue weighted by Gasteiger charge is 2.28. The van der Waals surface area contributed by atoms with Gasteiger partial charge in [0.05, 0.1) is 17.9 Å². The maximum absolute atomic E-state index is 13.4. The van der Waals surface area contributed by atoms with Gasteiger partial charge < -0.3 is 10.2 Å². The van der Waals surface area contributed by atoms with Gasteiger partial charge in [0.15, 0.2) is 0 Å². The molecule has 0 fully saturated rings. The topological polar surface area (TPSA) is 63.1 Å². The number of aromatic nitrogens is 3. The SMILES string of the molecule is CCC(C)NCCC(=O)N1Cc2ccccc2-c2c(nnn2CC(C)C)-c2ccccc21.